The van der Waals surface area contributed by atoms with Crippen LogP contribution in [0.2, 0.25) is 0 Å². The first-order chi connectivity index (χ1) is 7.09. The van der Waals surface area contributed by atoms with Crippen molar-refractivity contribution in [3.05, 3.63) is 0 Å². The topological polar surface area (TPSA) is 54.4 Å². The lowest BCUT2D eigenvalue weighted by atomic mass is 9.93. The predicted octanol–water partition coefficient (Wildman–Crippen LogP) is 1.09. The van der Waals surface area contributed by atoms with Gasteiger partial charge in [-0.2, -0.15) is 22.0 Å². The molecular formula is C8H7F5O3. The second-order valence-electron chi connectivity index (χ2n) is 3.48. The molecule has 0 spiro atoms. The third-order valence-corrected chi connectivity index (χ3v) is 2.38. The van der Waals surface area contributed by atoms with Crippen molar-refractivity contribution >= 4 is 11.6 Å². The van der Waals surface area contributed by atoms with Gasteiger partial charge in [0.1, 0.15) is 23.6 Å². The van der Waals surface area contributed by atoms with Gasteiger partial charge in [-0.15, -0.1) is 0 Å². The first kappa shape index (κ1) is 13.0. The molecular weight excluding hydrogens is 239 g/mol. The van der Waals surface area contributed by atoms with Crippen LogP contribution in [0.5, 0.6) is 0 Å². The first-order valence-electron chi connectivity index (χ1n) is 4.27. The number of Topliss-reactive ketones (excluding diaryl/α,β-unsaturated/α-hetero) is 2. The molecule has 0 aromatic heterocycles. The monoisotopic (exact) mass is 246 g/mol. The average Bonchev–Trinajstić information content (AvgIpc) is 2.43. The van der Waals surface area contributed by atoms with Crippen LogP contribution >= 0.6 is 0 Å². The van der Waals surface area contributed by atoms with Crippen LogP contribution in [-0.4, -0.2) is 34.9 Å². The molecule has 1 saturated carbocycles. The van der Waals surface area contributed by atoms with Crippen LogP contribution in [0.3, 0.4) is 0 Å². The summed E-state index contributed by atoms with van der Waals surface area (Å²) in [6.45, 7) is 0. The molecule has 0 aromatic rings. The number of aliphatic hydroxyl groups excluding tert-OH is 1. The molecule has 16 heavy (non-hydrogen) atoms. The highest BCUT2D eigenvalue weighted by Crippen LogP contribution is 2.42. The normalized spacial score (nSPS) is 21.6. The molecule has 1 aliphatic rings. The number of carbonyl (C=O) groups excluding carboxylic acids is 2. The third kappa shape index (κ3) is 1.93. The fourth-order valence-electron chi connectivity index (χ4n) is 1.47. The SMILES string of the molecule is O=C1CCC(=O)C1C(O)C(F)(F)C(F)(F)F. The lowest BCUT2D eigenvalue weighted by Crippen LogP contribution is -2.52. The molecule has 1 rings (SSSR count). The summed E-state index contributed by atoms with van der Waals surface area (Å²) >= 11 is 0. The zero-order valence-corrected chi connectivity index (χ0v) is 7.72. The van der Waals surface area contributed by atoms with E-state index in [-0.39, 0.29) is 0 Å². The van der Waals surface area contributed by atoms with Gasteiger partial charge >= 0.3 is 12.1 Å². The highest BCUT2D eigenvalue weighted by Gasteiger charge is 2.66. The van der Waals surface area contributed by atoms with Gasteiger partial charge in [0.05, 0.1) is 0 Å². The van der Waals surface area contributed by atoms with E-state index in [0.29, 0.717) is 0 Å². The molecule has 1 aliphatic carbocycles. The summed E-state index contributed by atoms with van der Waals surface area (Å²) in [6.07, 6.45) is -10.1. The Kier molecular flexibility index (Phi) is 3.06. The number of carbonyl (C=O) groups is 2. The summed E-state index contributed by atoms with van der Waals surface area (Å²) in [5.41, 5.74) is 0. The molecule has 3 nitrogen and oxygen atoms in total. The van der Waals surface area contributed by atoms with Crippen LogP contribution in [0.25, 0.3) is 0 Å². The van der Waals surface area contributed by atoms with Crippen molar-refractivity contribution in [3.63, 3.8) is 0 Å². The Morgan fingerprint density at radius 2 is 1.44 bits per heavy atom. The standard InChI is InChI=1S/C8H7F5O3/c9-7(10,8(11,12)13)6(16)5-3(14)1-2-4(5)15/h5-6,16H,1-2H2. The van der Waals surface area contributed by atoms with E-state index in [4.69, 9.17) is 5.11 Å². The van der Waals surface area contributed by atoms with Gasteiger partial charge in [0.25, 0.3) is 0 Å². The van der Waals surface area contributed by atoms with Crippen LogP contribution in [-0.2, 0) is 9.59 Å². The zero-order valence-electron chi connectivity index (χ0n) is 7.72. The van der Waals surface area contributed by atoms with Crippen LogP contribution in [0.1, 0.15) is 12.8 Å². The van der Waals surface area contributed by atoms with Crippen LogP contribution in [0, 0.1) is 5.92 Å². The maximum Gasteiger partial charge on any atom is 0.456 e. The van der Waals surface area contributed by atoms with E-state index in [1.54, 1.807) is 0 Å². The van der Waals surface area contributed by atoms with Gasteiger partial charge in [-0.05, 0) is 0 Å². The largest absolute Gasteiger partial charge is 0.456 e. The summed E-state index contributed by atoms with van der Waals surface area (Å²) in [4.78, 5) is 21.8. The molecule has 0 aliphatic heterocycles. The molecule has 0 radical (unpaired) electrons. The highest BCUT2D eigenvalue weighted by atomic mass is 19.4. The number of hydrogen-bond donors (Lipinski definition) is 1. The Balaban J connectivity index is 2.97. The van der Waals surface area contributed by atoms with Crippen molar-refractivity contribution in [3.8, 4) is 0 Å². The van der Waals surface area contributed by atoms with Crippen LogP contribution in [0.15, 0.2) is 0 Å². The Bertz CT molecular complexity index is 306. The van der Waals surface area contributed by atoms with Crippen molar-refractivity contribution in [2.45, 2.75) is 31.0 Å². The molecule has 1 N–H and O–H groups in total. The third-order valence-electron chi connectivity index (χ3n) is 2.38. The molecule has 0 aromatic carbocycles. The minimum absolute atomic E-state index is 0.408. The van der Waals surface area contributed by atoms with Crippen molar-refractivity contribution in [1.29, 1.82) is 0 Å². The molecule has 0 bridgehead atoms. The van der Waals surface area contributed by atoms with Crippen molar-refractivity contribution in [2.24, 2.45) is 5.92 Å². The quantitative estimate of drug-likeness (QED) is 0.586. The van der Waals surface area contributed by atoms with E-state index in [1.807, 2.05) is 0 Å². The summed E-state index contributed by atoms with van der Waals surface area (Å²) in [5, 5.41) is 8.84. The Morgan fingerprint density at radius 1 is 1.06 bits per heavy atom. The Morgan fingerprint density at radius 3 is 1.75 bits per heavy atom. The molecule has 8 heteroatoms. The van der Waals surface area contributed by atoms with Crippen molar-refractivity contribution < 1.29 is 36.6 Å². The maximum atomic E-state index is 12.6. The van der Waals surface area contributed by atoms with Crippen molar-refractivity contribution in [1.82, 2.24) is 0 Å². The Labute approximate surface area is 86.2 Å². The van der Waals surface area contributed by atoms with Gasteiger partial charge in [-0.1, -0.05) is 0 Å². The second-order valence-corrected chi connectivity index (χ2v) is 3.48. The number of rotatable bonds is 2. The van der Waals surface area contributed by atoms with Gasteiger partial charge in [0.2, 0.25) is 0 Å². The molecule has 92 valence electrons. The molecule has 1 atom stereocenters. The van der Waals surface area contributed by atoms with Gasteiger partial charge < -0.3 is 5.11 Å². The van der Waals surface area contributed by atoms with E-state index in [2.05, 4.69) is 0 Å². The minimum atomic E-state index is -5.99. The average molecular weight is 246 g/mol. The predicted molar refractivity (Wildman–Crippen MR) is 39.7 cm³/mol. The zero-order chi connectivity index (χ0) is 12.7. The fourth-order valence-corrected chi connectivity index (χ4v) is 1.47. The van der Waals surface area contributed by atoms with Gasteiger partial charge in [-0.25, -0.2) is 0 Å². The summed E-state index contributed by atoms with van der Waals surface area (Å²) in [6, 6.07) is 0. The van der Waals surface area contributed by atoms with Gasteiger partial charge in [-0.3, -0.25) is 9.59 Å². The van der Waals surface area contributed by atoms with Crippen LogP contribution in [0.4, 0.5) is 22.0 Å². The molecule has 0 saturated heterocycles. The Hall–Kier alpha value is -1.05. The molecule has 0 amide bonds. The second kappa shape index (κ2) is 3.76. The van der Waals surface area contributed by atoms with Gasteiger partial charge in [0, 0.05) is 12.8 Å². The molecule has 1 fully saturated rings. The fraction of sp³-hybridized carbons (Fsp3) is 0.750. The van der Waals surface area contributed by atoms with E-state index in [9.17, 15) is 31.5 Å². The lowest BCUT2D eigenvalue weighted by Gasteiger charge is -2.27. The summed E-state index contributed by atoms with van der Waals surface area (Å²) in [5.74, 6) is -9.90. The highest BCUT2D eigenvalue weighted by molar-refractivity contribution is 6.09. The van der Waals surface area contributed by atoms with E-state index in [1.165, 1.54) is 0 Å². The first-order valence-corrected chi connectivity index (χ1v) is 4.27. The van der Waals surface area contributed by atoms with E-state index in [0.717, 1.165) is 0 Å². The maximum absolute atomic E-state index is 12.6. The number of hydrogen-bond acceptors (Lipinski definition) is 3. The number of aliphatic hydroxyl groups is 1. The lowest BCUT2D eigenvalue weighted by molar-refractivity contribution is -0.316. The smallest absolute Gasteiger partial charge is 0.385 e. The van der Waals surface area contributed by atoms with Crippen LogP contribution < -0.4 is 0 Å². The molecule has 0 heterocycles. The molecule has 1 unspecified atom stereocenters. The number of halogens is 5. The number of ketones is 2. The van der Waals surface area contributed by atoms with Gasteiger partial charge in [0.15, 0.2) is 0 Å². The minimum Gasteiger partial charge on any atom is -0.385 e. The van der Waals surface area contributed by atoms with E-state index >= 15 is 0 Å². The number of alkyl halides is 5. The summed E-state index contributed by atoms with van der Waals surface area (Å²) in [7, 11) is 0. The summed E-state index contributed by atoms with van der Waals surface area (Å²) < 4.78 is 60.9. The van der Waals surface area contributed by atoms with Crippen molar-refractivity contribution in [2.75, 3.05) is 0 Å². The van der Waals surface area contributed by atoms with E-state index < -0.39 is 48.5 Å².